The smallest absolute Gasteiger partial charge is 0.269 e. The molecule has 0 saturated carbocycles. The number of nitro benzene ring substituents is 1. The highest BCUT2D eigenvalue weighted by Gasteiger charge is 2.30. The zero-order chi connectivity index (χ0) is 14.7. The standard InChI is InChI=1S/C13H15NO5S/c1-9-13(6-7-19-9)20(18)8-12(15)10-2-4-11(5-3-10)14(16)17/h2-5,9,13H,6-8H2,1H3. The number of hydrogen-bond acceptors (Lipinski definition) is 5. The van der Waals surface area contributed by atoms with E-state index in [1.165, 1.54) is 24.3 Å². The topological polar surface area (TPSA) is 86.5 Å². The van der Waals surface area contributed by atoms with Gasteiger partial charge in [-0.05, 0) is 25.5 Å². The SMILES string of the molecule is CC1OCCC1S(=O)CC(=O)c1ccc([N+](=O)[O-])cc1. The van der Waals surface area contributed by atoms with E-state index in [1.807, 2.05) is 6.92 Å². The molecule has 7 heteroatoms. The van der Waals surface area contributed by atoms with Crippen LogP contribution < -0.4 is 0 Å². The Labute approximate surface area is 118 Å². The first-order chi connectivity index (χ1) is 9.49. The van der Waals surface area contributed by atoms with Gasteiger partial charge in [0, 0.05) is 35.1 Å². The molecule has 0 spiro atoms. The Morgan fingerprint density at radius 3 is 2.60 bits per heavy atom. The molecule has 1 aliphatic heterocycles. The fourth-order valence-corrected chi connectivity index (χ4v) is 3.65. The Balaban J connectivity index is 2.01. The summed E-state index contributed by atoms with van der Waals surface area (Å²) < 4.78 is 17.5. The maximum atomic E-state index is 12.1. The first kappa shape index (κ1) is 14.8. The first-order valence-corrected chi connectivity index (χ1v) is 7.63. The summed E-state index contributed by atoms with van der Waals surface area (Å²) in [6.07, 6.45) is 0.599. The summed E-state index contributed by atoms with van der Waals surface area (Å²) in [7, 11) is -1.28. The number of carbonyl (C=O) groups excluding carboxylic acids is 1. The van der Waals surface area contributed by atoms with Gasteiger partial charge in [0.05, 0.1) is 22.0 Å². The van der Waals surface area contributed by atoms with Crippen LogP contribution in [0.1, 0.15) is 23.7 Å². The molecular weight excluding hydrogens is 282 g/mol. The van der Waals surface area contributed by atoms with Crippen molar-refractivity contribution in [1.29, 1.82) is 0 Å². The van der Waals surface area contributed by atoms with Crippen molar-refractivity contribution in [3.63, 3.8) is 0 Å². The molecule has 108 valence electrons. The van der Waals surface area contributed by atoms with Crippen LogP contribution in [0.4, 0.5) is 5.69 Å². The second-order valence-corrected chi connectivity index (χ2v) is 6.31. The molecule has 0 amide bonds. The van der Waals surface area contributed by atoms with Gasteiger partial charge in [0.2, 0.25) is 0 Å². The third-order valence-electron chi connectivity index (χ3n) is 3.32. The minimum Gasteiger partial charge on any atom is -0.377 e. The average Bonchev–Trinajstić information content (AvgIpc) is 2.85. The van der Waals surface area contributed by atoms with Crippen LogP contribution in [0.5, 0.6) is 0 Å². The molecule has 0 N–H and O–H groups in total. The number of nitrogens with zero attached hydrogens (tertiary/aromatic N) is 1. The molecule has 3 unspecified atom stereocenters. The van der Waals surface area contributed by atoms with Crippen molar-refractivity contribution in [3.05, 3.63) is 39.9 Å². The van der Waals surface area contributed by atoms with Crippen molar-refractivity contribution in [2.45, 2.75) is 24.7 Å². The number of ether oxygens (including phenoxy) is 1. The summed E-state index contributed by atoms with van der Waals surface area (Å²) in [5.41, 5.74) is 0.274. The molecule has 2 rings (SSSR count). The Bertz CT molecular complexity index is 542. The minimum absolute atomic E-state index is 0.0690. The molecule has 1 aromatic carbocycles. The van der Waals surface area contributed by atoms with Crippen LogP contribution in [0.3, 0.4) is 0 Å². The van der Waals surface area contributed by atoms with E-state index in [1.54, 1.807) is 0 Å². The molecule has 0 aliphatic carbocycles. The number of carbonyl (C=O) groups is 1. The van der Waals surface area contributed by atoms with Gasteiger partial charge in [0.1, 0.15) is 0 Å². The van der Waals surface area contributed by atoms with Gasteiger partial charge >= 0.3 is 0 Å². The highest BCUT2D eigenvalue weighted by atomic mass is 32.2. The lowest BCUT2D eigenvalue weighted by Gasteiger charge is -2.12. The van der Waals surface area contributed by atoms with E-state index in [9.17, 15) is 19.1 Å². The van der Waals surface area contributed by atoms with Crippen molar-refractivity contribution >= 4 is 22.3 Å². The highest BCUT2D eigenvalue weighted by Crippen LogP contribution is 2.20. The van der Waals surface area contributed by atoms with Crippen molar-refractivity contribution in [3.8, 4) is 0 Å². The van der Waals surface area contributed by atoms with Gasteiger partial charge in [0.25, 0.3) is 5.69 Å². The lowest BCUT2D eigenvalue weighted by atomic mass is 10.1. The summed E-state index contributed by atoms with van der Waals surface area (Å²) in [6.45, 7) is 2.43. The van der Waals surface area contributed by atoms with Crippen LogP contribution in [0.25, 0.3) is 0 Å². The van der Waals surface area contributed by atoms with Crippen LogP contribution >= 0.6 is 0 Å². The third kappa shape index (κ3) is 3.29. The van der Waals surface area contributed by atoms with E-state index in [0.29, 0.717) is 18.6 Å². The van der Waals surface area contributed by atoms with Crippen molar-refractivity contribution in [2.24, 2.45) is 0 Å². The van der Waals surface area contributed by atoms with Crippen LogP contribution in [-0.4, -0.2) is 38.6 Å². The monoisotopic (exact) mass is 297 g/mol. The number of nitro groups is 1. The molecule has 0 bridgehead atoms. The summed E-state index contributed by atoms with van der Waals surface area (Å²) in [6, 6.07) is 5.34. The van der Waals surface area contributed by atoms with Gasteiger partial charge in [-0.2, -0.15) is 0 Å². The van der Waals surface area contributed by atoms with Crippen LogP contribution in [-0.2, 0) is 15.5 Å². The summed E-state index contributed by atoms with van der Waals surface area (Å²) in [5.74, 6) is -0.340. The molecule has 0 aromatic heterocycles. The van der Waals surface area contributed by atoms with Gasteiger partial charge in [-0.15, -0.1) is 0 Å². The van der Waals surface area contributed by atoms with E-state index in [-0.39, 0.29) is 28.6 Å². The van der Waals surface area contributed by atoms with Gasteiger partial charge < -0.3 is 4.74 Å². The second kappa shape index (κ2) is 6.23. The van der Waals surface area contributed by atoms with E-state index in [2.05, 4.69) is 0 Å². The molecule has 6 nitrogen and oxygen atoms in total. The Kier molecular flexibility index (Phi) is 4.61. The van der Waals surface area contributed by atoms with Crippen molar-refractivity contribution in [1.82, 2.24) is 0 Å². The van der Waals surface area contributed by atoms with Gasteiger partial charge in [-0.3, -0.25) is 19.1 Å². The molecular formula is C13H15NO5S. The molecule has 3 atom stereocenters. The lowest BCUT2D eigenvalue weighted by Crippen LogP contribution is -2.27. The van der Waals surface area contributed by atoms with E-state index >= 15 is 0 Å². The van der Waals surface area contributed by atoms with Gasteiger partial charge in [0.15, 0.2) is 5.78 Å². The molecule has 1 fully saturated rings. The fraction of sp³-hybridized carbons (Fsp3) is 0.462. The normalized spacial score (nSPS) is 23.4. The Morgan fingerprint density at radius 1 is 1.45 bits per heavy atom. The minimum atomic E-state index is -1.28. The van der Waals surface area contributed by atoms with Crippen LogP contribution in [0.2, 0.25) is 0 Å². The summed E-state index contributed by atoms with van der Waals surface area (Å²) in [5, 5.41) is 10.4. The van der Waals surface area contributed by atoms with Gasteiger partial charge in [-0.1, -0.05) is 0 Å². The van der Waals surface area contributed by atoms with E-state index in [4.69, 9.17) is 4.74 Å². The predicted molar refractivity (Wildman–Crippen MR) is 74.3 cm³/mol. The molecule has 1 aromatic rings. The molecule has 0 radical (unpaired) electrons. The number of benzene rings is 1. The first-order valence-electron chi connectivity index (χ1n) is 6.25. The fourth-order valence-electron chi connectivity index (χ4n) is 2.15. The van der Waals surface area contributed by atoms with Crippen LogP contribution in [0.15, 0.2) is 24.3 Å². The van der Waals surface area contributed by atoms with Crippen molar-refractivity contribution in [2.75, 3.05) is 12.4 Å². The maximum absolute atomic E-state index is 12.1. The number of non-ortho nitro benzene ring substituents is 1. The molecule has 1 heterocycles. The van der Waals surface area contributed by atoms with Crippen LogP contribution in [0, 0.1) is 10.1 Å². The predicted octanol–water partition coefficient (Wildman–Crippen LogP) is 1.70. The zero-order valence-electron chi connectivity index (χ0n) is 11.0. The van der Waals surface area contributed by atoms with Gasteiger partial charge in [-0.25, -0.2) is 0 Å². The third-order valence-corrected chi connectivity index (χ3v) is 5.16. The van der Waals surface area contributed by atoms with E-state index in [0.717, 1.165) is 0 Å². The number of rotatable bonds is 5. The largest absolute Gasteiger partial charge is 0.377 e. The van der Waals surface area contributed by atoms with Crippen molar-refractivity contribution < 1.29 is 18.7 Å². The summed E-state index contributed by atoms with van der Waals surface area (Å²) in [4.78, 5) is 22.0. The number of hydrogen-bond donors (Lipinski definition) is 0. The molecule has 20 heavy (non-hydrogen) atoms. The number of Topliss-reactive ketones (excluding diaryl/α,β-unsaturated/α-hetero) is 1. The zero-order valence-corrected chi connectivity index (χ0v) is 11.8. The Hall–Kier alpha value is -1.60. The number of ketones is 1. The Morgan fingerprint density at radius 2 is 2.10 bits per heavy atom. The summed E-state index contributed by atoms with van der Waals surface area (Å²) >= 11 is 0. The average molecular weight is 297 g/mol. The maximum Gasteiger partial charge on any atom is 0.269 e. The molecule has 1 aliphatic rings. The molecule has 1 saturated heterocycles. The second-order valence-electron chi connectivity index (χ2n) is 4.66. The van der Waals surface area contributed by atoms with E-state index < -0.39 is 15.7 Å². The highest BCUT2D eigenvalue weighted by molar-refractivity contribution is 7.86. The quantitative estimate of drug-likeness (QED) is 0.469. The lowest BCUT2D eigenvalue weighted by molar-refractivity contribution is -0.384.